The SMILES string of the molecule is O=C(O)[C@H](Cc1ccccc1)C[C@@H](Cc1ccccc1)C(=O)O. The highest BCUT2D eigenvalue weighted by atomic mass is 16.4. The summed E-state index contributed by atoms with van der Waals surface area (Å²) in [5, 5.41) is 18.9. The van der Waals surface area contributed by atoms with Crippen LogP contribution in [0.15, 0.2) is 60.7 Å². The van der Waals surface area contributed by atoms with Gasteiger partial charge in [0.2, 0.25) is 0 Å². The lowest BCUT2D eigenvalue weighted by Gasteiger charge is -2.18. The summed E-state index contributed by atoms with van der Waals surface area (Å²) in [6.45, 7) is 0. The van der Waals surface area contributed by atoms with Crippen molar-refractivity contribution in [2.75, 3.05) is 0 Å². The fraction of sp³-hybridized carbons (Fsp3) is 0.263. The molecule has 4 nitrogen and oxygen atoms in total. The molecule has 0 aromatic heterocycles. The molecule has 0 unspecified atom stereocenters. The number of benzene rings is 2. The molecule has 0 saturated carbocycles. The highest BCUT2D eigenvalue weighted by Crippen LogP contribution is 2.22. The second-order valence-corrected chi connectivity index (χ2v) is 5.69. The summed E-state index contributed by atoms with van der Waals surface area (Å²) in [6, 6.07) is 18.6. The first-order valence-electron chi connectivity index (χ1n) is 7.59. The Bertz CT molecular complexity index is 579. The molecule has 0 bridgehead atoms. The van der Waals surface area contributed by atoms with E-state index in [9.17, 15) is 19.8 Å². The predicted octanol–water partition coefficient (Wildman–Crippen LogP) is 3.26. The zero-order valence-corrected chi connectivity index (χ0v) is 12.8. The molecular weight excluding hydrogens is 292 g/mol. The standard InChI is InChI=1S/C19H20O4/c20-18(21)16(11-14-7-3-1-4-8-14)13-17(19(22)23)12-15-9-5-2-6-10-15/h1-10,16-17H,11-13H2,(H,20,21)(H,22,23)/t16-,17-/m1/s1. The van der Waals surface area contributed by atoms with Gasteiger partial charge in [-0.15, -0.1) is 0 Å². The molecule has 0 aliphatic rings. The molecule has 120 valence electrons. The van der Waals surface area contributed by atoms with Gasteiger partial charge in [0, 0.05) is 0 Å². The highest BCUT2D eigenvalue weighted by Gasteiger charge is 2.27. The molecule has 0 spiro atoms. The minimum absolute atomic E-state index is 0.119. The largest absolute Gasteiger partial charge is 0.481 e. The Morgan fingerprint density at radius 1 is 0.696 bits per heavy atom. The maximum Gasteiger partial charge on any atom is 0.306 e. The summed E-state index contributed by atoms with van der Waals surface area (Å²) in [7, 11) is 0. The molecule has 0 heterocycles. The van der Waals surface area contributed by atoms with Crippen LogP contribution >= 0.6 is 0 Å². The second-order valence-electron chi connectivity index (χ2n) is 5.69. The van der Waals surface area contributed by atoms with Crippen molar-refractivity contribution < 1.29 is 19.8 Å². The molecule has 4 heteroatoms. The van der Waals surface area contributed by atoms with E-state index in [1.807, 2.05) is 60.7 Å². The molecule has 0 amide bonds. The fourth-order valence-electron chi connectivity index (χ4n) is 2.68. The number of hydrogen-bond donors (Lipinski definition) is 2. The number of aliphatic carboxylic acids is 2. The molecule has 2 aromatic carbocycles. The fourth-order valence-corrected chi connectivity index (χ4v) is 2.68. The third-order valence-electron chi connectivity index (χ3n) is 3.92. The first-order chi connectivity index (χ1) is 11.1. The maximum absolute atomic E-state index is 11.5. The van der Waals surface area contributed by atoms with Gasteiger partial charge in [0.25, 0.3) is 0 Å². The van der Waals surface area contributed by atoms with E-state index >= 15 is 0 Å². The molecule has 23 heavy (non-hydrogen) atoms. The van der Waals surface area contributed by atoms with Gasteiger partial charge in [-0.3, -0.25) is 9.59 Å². The van der Waals surface area contributed by atoms with Gasteiger partial charge in [0.1, 0.15) is 0 Å². The van der Waals surface area contributed by atoms with Crippen LogP contribution in [-0.2, 0) is 22.4 Å². The van der Waals surface area contributed by atoms with Crippen molar-refractivity contribution in [3.63, 3.8) is 0 Å². The van der Waals surface area contributed by atoms with Gasteiger partial charge in [0.05, 0.1) is 11.8 Å². The van der Waals surface area contributed by atoms with E-state index in [0.29, 0.717) is 12.8 Å². The molecular formula is C19H20O4. The first kappa shape index (κ1) is 16.7. The van der Waals surface area contributed by atoms with Gasteiger partial charge in [-0.2, -0.15) is 0 Å². The van der Waals surface area contributed by atoms with Gasteiger partial charge >= 0.3 is 11.9 Å². The van der Waals surface area contributed by atoms with Crippen LogP contribution in [-0.4, -0.2) is 22.2 Å². The van der Waals surface area contributed by atoms with Crippen molar-refractivity contribution in [3.05, 3.63) is 71.8 Å². The Labute approximate surface area is 135 Å². The number of carboxylic acid groups (broad SMARTS) is 2. The van der Waals surface area contributed by atoms with E-state index in [1.165, 1.54) is 0 Å². The van der Waals surface area contributed by atoms with Crippen molar-refractivity contribution >= 4 is 11.9 Å². The summed E-state index contributed by atoms with van der Waals surface area (Å²) >= 11 is 0. The molecule has 2 N–H and O–H groups in total. The highest BCUT2D eigenvalue weighted by molar-refractivity contribution is 5.74. The first-order valence-corrected chi connectivity index (χ1v) is 7.59. The van der Waals surface area contributed by atoms with Crippen LogP contribution in [0.5, 0.6) is 0 Å². The number of carbonyl (C=O) groups is 2. The molecule has 0 radical (unpaired) electrons. The van der Waals surface area contributed by atoms with Crippen molar-refractivity contribution in [3.8, 4) is 0 Å². The zero-order chi connectivity index (χ0) is 16.7. The molecule has 0 aliphatic heterocycles. The lowest BCUT2D eigenvalue weighted by Crippen LogP contribution is -2.26. The number of hydrogen-bond acceptors (Lipinski definition) is 2. The molecule has 2 aromatic rings. The van der Waals surface area contributed by atoms with Crippen molar-refractivity contribution in [1.29, 1.82) is 0 Å². The van der Waals surface area contributed by atoms with Crippen LogP contribution in [0, 0.1) is 11.8 Å². The third-order valence-corrected chi connectivity index (χ3v) is 3.92. The third kappa shape index (κ3) is 5.25. The van der Waals surface area contributed by atoms with E-state index in [-0.39, 0.29) is 6.42 Å². The Kier molecular flexibility index (Phi) is 5.92. The van der Waals surface area contributed by atoms with Gasteiger partial charge in [-0.05, 0) is 30.4 Å². The lowest BCUT2D eigenvalue weighted by atomic mass is 9.86. The van der Waals surface area contributed by atoms with Crippen LogP contribution in [0.25, 0.3) is 0 Å². The molecule has 2 rings (SSSR count). The number of carboxylic acids is 2. The van der Waals surface area contributed by atoms with Crippen molar-refractivity contribution in [1.82, 2.24) is 0 Å². The number of rotatable bonds is 8. The van der Waals surface area contributed by atoms with Crippen molar-refractivity contribution in [2.45, 2.75) is 19.3 Å². The van der Waals surface area contributed by atoms with Crippen LogP contribution in [0.4, 0.5) is 0 Å². The van der Waals surface area contributed by atoms with Crippen molar-refractivity contribution in [2.24, 2.45) is 11.8 Å². The normalized spacial score (nSPS) is 13.2. The van der Waals surface area contributed by atoms with Crippen LogP contribution in [0.3, 0.4) is 0 Å². The predicted molar refractivity (Wildman–Crippen MR) is 87.2 cm³/mol. The van der Waals surface area contributed by atoms with Gasteiger partial charge < -0.3 is 10.2 Å². The summed E-state index contributed by atoms with van der Waals surface area (Å²) in [5.74, 6) is -3.31. The van der Waals surface area contributed by atoms with E-state index in [4.69, 9.17) is 0 Å². The van der Waals surface area contributed by atoms with Crippen LogP contribution < -0.4 is 0 Å². The molecule has 0 aliphatic carbocycles. The zero-order valence-electron chi connectivity index (χ0n) is 12.8. The molecule has 0 saturated heterocycles. The Hall–Kier alpha value is -2.62. The second kappa shape index (κ2) is 8.13. The molecule has 2 atom stereocenters. The smallest absolute Gasteiger partial charge is 0.306 e. The monoisotopic (exact) mass is 312 g/mol. The van der Waals surface area contributed by atoms with Gasteiger partial charge in [-0.25, -0.2) is 0 Å². The summed E-state index contributed by atoms with van der Waals surface area (Å²) in [6.07, 6.45) is 0.804. The Morgan fingerprint density at radius 2 is 1.04 bits per heavy atom. The Balaban J connectivity index is 2.08. The van der Waals surface area contributed by atoms with Gasteiger partial charge in [0.15, 0.2) is 0 Å². The quantitative estimate of drug-likeness (QED) is 0.784. The summed E-state index contributed by atoms with van der Waals surface area (Å²) in [5.41, 5.74) is 1.81. The summed E-state index contributed by atoms with van der Waals surface area (Å²) < 4.78 is 0. The minimum atomic E-state index is -0.951. The van der Waals surface area contributed by atoms with E-state index < -0.39 is 23.8 Å². The van der Waals surface area contributed by atoms with E-state index in [0.717, 1.165) is 11.1 Å². The average Bonchev–Trinajstić information content (AvgIpc) is 2.55. The Morgan fingerprint density at radius 3 is 1.35 bits per heavy atom. The van der Waals surface area contributed by atoms with E-state index in [2.05, 4.69) is 0 Å². The van der Waals surface area contributed by atoms with Gasteiger partial charge in [-0.1, -0.05) is 60.7 Å². The topological polar surface area (TPSA) is 74.6 Å². The average molecular weight is 312 g/mol. The lowest BCUT2D eigenvalue weighted by molar-refractivity contribution is -0.145. The van der Waals surface area contributed by atoms with Crippen LogP contribution in [0.1, 0.15) is 17.5 Å². The molecule has 0 fully saturated rings. The van der Waals surface area contributed by atoms with Crippen LogP contribution in [0.2, 0.25) is 0 Å². The maximum atomic E-state index is 11.5. The van der Waals surface area contributed by atoms with E-state index in [1.54, 1.807) is 0 Å². The minimum Gasteiger partial charge on any atom is -0.481 e. The summed E-state index contributed by atoms with van der Waals surface area (Å²) in [4.78, 5) is 23.0.